The third-order valence-corrected chi connectivity index (χ3v) is 4.37. The van der Waals surface area contributed by atoms with Crippen molar-refractivity contribution in [3.05, 3.63) is 48.4 Å². The minimum Gasteiger partial charge on any atom is -0.368 e. The van der Waals surface area contributed by atoms with Crippen LogP contribution in [0.4, 0.5) is 0 Å². The van der Waals surface area contributed by atoms with Crippen molar-refractivity contribution in [3.63, 3.8) is 0 Å². The first-order chi connectivity index (χ1) is 10.2. The lowest BCUT2D eigenvalue weighted by Crippen LogP contribution is -2.19. The number of primary amides is 1. The molecule has 1 aromatic carbocycles. The number of hydrogen-bond acceptors (Lipinski definition) is 5. The van der Waals surface area contributed by atoms with Gasteiger partial charge in [-0.15, -0.1) is 0 Å². The summed E-state index contributed by atoms with van der Waals surface area (Å²) in [6.07, 6.45) is 3.16. The molecule has 106 valence electrons. The van der Waals surface area contributed by atoms with Crippen molar-refractivity contribution in [1.29, 1.82) is 0 Å². The molecule has 7 heteroatoms. The standard InChI is InChI=1S/C14H13N5OS/c1-19-13-10(7-18-19)14(17-8-16-13)21-11(12(15)20)9-5-3-2-4-6-9/h2-8,11H,1H3,(H2,15,20)/t11-/m1/s1. The highest BCUT2D eigenvalue weighted by Crippen LogP contribution is 2.36. The van der Waals surface area contributed by atoms with Crippen molar-refractivity contribution in [2.24, 2.45) is 12.8 Å². The van der Waals surface area contributed by atoms with Gasteiger partial charge in [0.05, 0.1) is 11.6 Å². The van der Waals surface area contributed by atoms with Crippen LogP contribution in [-0.2, 0) is 11.8 Å². The molecule has 6 nitrogen and oxygen atoms in total. The summed E-state index contributed by atoms with van der Waals surface area (Å²) in [4.78, 5) is 20.2. The summed E-state index contributed by atoms with van der Waals surface area (Å²) < 4.78 is 1.67. The lowest BCUT2D eigenvalue weighted by molar-refractivity contribution is -0.117. The third kappa shape index (κ3) is 2.59. The molecule has 0 aliphatic carbocycles. The van der Waals surface area contributed by atoms with Crippen LogP contribution in [0.1, 0.15) is 10.8 Å². The molecule has 0 radical (unpaired) electrons. The smallest absolute Gasteiger partial charge is 0.235 e. The highest BCUT2D eigenvalue weighted by molar-refractivity contribution is 8.00. The minimum atomic E-state index is -0.496. The van der Waals surface area contributed by atoms with E-state index in [0.717, 1.165) is 16.6 Å². The van der Waals surface area contributed by atoms with Crippen molar-refractivity contribution < 1.29 is 4.79 Å². The second-order valence-corrected chi connectivity index (χ2v) is 5.59. The van der Waals surface area contributed by atoms with Crippen LogP contribution in [0.5, 0.6) is 0 Å². The molecule has 2 heterocycles. The SMILES string of the molecule is Cn1ncc2c(S[C@@H](C(N)=O)c3ccccc3)ncnc21. The molecule has 2 N–H and O–H groups in total. The number of nitrogens with zero attached hydrogens (tertiary/aromatic N) is 4. The first-order valence-electron chi connectivity index (χ1n) is 6.30. The molecule has 0 unspecified atom stereocenters. The van der Waals surface area contributed by atoms with Gasteiger partial charge in [-0.1, -0.05) is 42.1 Å². The monoisotopic (exact) mass is 299 g/mol. The van der Waals surface area contributed by atoms with Gasteiger partial charge in [0.15, 0.2) is 5.65 Å². The molecule has 0 saturated carbocycles. The average Bonchev–Trinajstić information content (AvgIpc) is 2.88. The number of rotatable bonds is 4. The van der Waals surface area contributed by atoms with Gasteiger partial charge in [0.25, 0.3) is 0 Å². The first-order valence-corrected chi connectivity index (χ1v) is 7.18. The van der Waals surface area contributed by atoms with Gasteiger partial charge in [0.2, 0.25) is 5.91 Å². The van der Waals surface area contributed by atoms with Gasteiger partial charge in [0, 0.05) is 7.05 Å². The lowest BCUT2D eigenvalue weighted by atomic mass is 10.1. The summed E-state index contributed by atoms with van der Waals surface area (Å²) in [6, 6.07) is 9.42. The van der Waals surface area contributed by atoms with Crippen molar-refractivity contribution in [1.82, 2.24) is 19.7 Å². The molecule has 0 aliphatic heterocycles. The van der Waals surface area contributed by atoms with E-state index in [2.05, 4.69) is 15.1 Å². The van der Waals surface area contributed by atoms with E-state index < -0.39 is 11.2 Å². The largest absolute Gasteiger partial charge is 0.368 e. The fourth-order valence-corrected chi connectivity index (χ4v) is 3.08. The van der Waals surface area contributed by atoms with Crippen LogP contribution >= 0.6 is 11.8 Å². The molecule has 0 spiro atoms. The zero-order valence-electron chi connectivity index (χ0n) is 11.3. The van der Waals surface area contributed by atoms with Crippen LogP contribution in [0.25, 0.3) is 11.0 Å². The fraction of sp³-hybridized carbons (Fsp3) is 0.143. The molecular weight excluding hydrogens is 286 g/mol. The second-order valence-electron chi connectivity index (χ2n) is 4.50. The molecule has 21 heavy (non-hydrogen) atoms. The predicted molar refractivity (Wildman–Crippen MR) is 80.5 cm³/mol. The fourth-order valence-electron chi connectivity index (χ4n) is 2.06. The van der Waals surface area contributed by atoms with Gasteiger partial charge in [-0.2, -0.15) is 5.10 Å². The zero-order chi connectivity index (χ0) is 14.8. The van der Waals surface area contributed by atoms with E-state index in [0.29, 0.717) is 5.03 Å². The number of carbonyl (C=O) groups is 1. The van der Waals surface area contributed by atoms with Gasteiger partial charge in [-0.25, -0.2) is 9.97 Å². The van der Waals surface area contributed by atoms with Crippen LogP contribution in [-0.4, -0.2) is 25.7 Å². The Morgan fingerprint density at radius 1 is 1.29 bits per heavy atom. The number of thioether (sulfide) groups is 1. The number of aromatic nitrogens is 4. The number of hydrogen-bond donors (Lipinski definition) is 1. The Hall–Kier alpha value is -2.41. The molecule has 0 saturated heterocycles. The summed E-state index contributed by atoms with van der Waals surface area (Å²) in [5, 5.41) is 5.18. The summed E-state index contributed by atoms with van der Waals surface area (Å²) >= 11 is 1.31. The van der Waals surface area contributed by atoms with Gasteiger partial charge in [-0.3, -0.25) is 9.48 Å². The van der Waals surface area contributed by atoms with Gasteiger partial charge >= 0.3 is 0 Å². The lowest BCUT2D eigenvalue weighted by Gasteiger charge is -2.13. The molecule has 3 aromatic rings. The van der Waals surface area contributed by atoms with E-state index in [1.807, 2.05) is 37.4 Å². The summed E-state index contributed by atoms with van der Waals surface area (Å²) in [5.41, 5.74) is 7.12. The predicted octanol–water partition coefficient (Wildman–Crippen LogP) is 1.68. The highest BCUT2D eigenvalue weighted by atomic mass is 32.2. The van der Waals surface area contributed by atoms with E-state index >= 15 is 0 Å². The maximum Gasteiger partial charge on any atom is 0.235 e. The van der Waals surface area contributed by atoms with E-state index in [1.165, 1.54) is 18.1 Å². The molecule has 0 fully saturated rings. The average molecular weight is 299 g/mol. The Kier molecular flexibility index (Phi) is 3.57. The molecule has 3 rings (SSSR count). The summed E-state index contributed by atoms with van der Waals surface area (Å²) in [7, 11) is 1.81. The van der Waals surface area contributed by atoms with E-state index in [4.69, 9.17) is 5.73 Å². The number of nitrogens with two attached hydrogens (primary N) is 1. The van der Waals surface area contributed by atoms with Gasteiger partial charge < -0.3 is 5.73 Å². The summed E-state index contributed by atoms with van der Waals surface area (Å²) in [6.45, 7) is 0. The van der Waals surface area contributed by atoms with Crippen molar-refractivity contribution in [2.75, 3.05) is 0 Å². The van der Waals surface area contributed by atoms with E-state index in [1.54, 1.807) is 10.9 Å². The first kappa shape index (κ1) is 13.6. The van der Waals surface area contributed by atoms with E-state index in [9.17, 15) is 4.79 Å². The second kappa shape index (κ2) is 5.53. The Balaban J connectivity index is 2.01. The van der Waals surface area contributed by atoms with Crippen molar-refractivity contribution in [2.45, 2.75) is 10.3 Å². The number of amides is 1. The maximum absolute atomic E-state index is 11.8. The highest BCUT2D eigenvalue weighted by Gasteiger charge is 2.21. The maximum atomic E-state index is 11.8. The molecular formula is C14H13N5OS. The van der Waals surface area contributed by atoms with Crippen LogP contribution in [0.3, 0.4) is 0 Å². The van der Waals surface area contributed by atoms with E-state index in [-0.39, 0.29) is 0 Å². The molecule has 0 aliphatic rings. The normalized spacial score (nSPS) is 12.4. The molecule has 2 aromatic heterocycles. The molecule has 1 amide bonds. The van der Waals surface area contributed by atoms with Crippen LogP contribution in [0.2, 0.25) is 0 Å². The Labute approximate surface area is 125 Å². The Bertz CT molecular complexity index is 786. The zero-order valence-corrected chi connectivity index (χ0v) is 12.1. The minimum absolute atomic E-state index is 0.401. The number of carbonyl (C=O) groups excluding carboxylic acids is 1. The Morgan fingerprint density at radius 3 is 2.76 bits per heavy atom. The van der Waals surface area contributed by atoms with Crippen LogP contribution < -0.4 is 5.73 Å². The Morgan fingerprint density at radius 2 is 2.05 bits per heavy atom. The van der Waals surface area contributed by atoms with Gasteiger partial charge in [0.1, 0.15) is 16.6 Å². The quantitative estimate of drug-likeness (QED) is 0.585. The van der Waals surface area contributed by atoms with Gasteiger partial charge in [-0.05, 0) is 5.56 Å². The molecule has 0 bridgehead atoms. The number of aryl methyl sites for hydroxylation is 1. The third-order valence-electron chi connectivity index (χ3n) is 3.08. The van der Waals surface area contributed by atoms with Crippen LogP contribution in [0.15, 0.2) is 47.9 Å². The van der Waals surface area contributed by atoms with Crippen molar-refractivity contribution in [3.8, 4) is 0 Å². The number of benzene rings is 1. The van der Waals surface area contributed by atoms with Crippen molar-refractivity contribution >= 4 is 28.7 Å². The summed E-state index contributed by atoms with van der Waals surface area (Å²) in [5.74, 6) is -0.401. The molecule has 1 atom stereocenters. The number of fused-ring (bicyclic) bond motifs is 1. The topological polar surface area (TPSA) is 86.7 Å². The van der Waals surface area contributed by atoms with Crippen LogP contribution in [0, 0.1) is 0 Å².